The van der Waals surface area contributed by atoms with Crippen molar-refractivity contribution in [1.82, 2.24) is 0 Å². The fourth-order valence-corrected chi connectivity index (χ4v) is 0.947. The van der Waals surface area contributed by atoms with Gasteiger partial charge in [0.2, 0.25) is 0 Å². The molecule has 1 nitrogen and oxygen atoms in total. The van der Waals surface area contributed by atoms with E-state index in [9.17, 15) is 9.18 Å². The topological polar surface area (TPSA) is 17.1 Å². The SMILES string of the molecule is CCCCCCC(F)C#CC=O. The van der Waals surface area contributed by atoms with Crippen LogP contribution in [-0.2, 0) is 4.79 Å². The van der Waals surface area contributed by atoms with E-state index in [0.29, 0.717) is 12.7 Å². The third-order valence-corrected chi connectivity index (χ3v) is 1.61. The van der Waals surface area contributed by atoms with E-state index in [2.05, 4.69) is 18.8 Å². The van der Waals surface area contributed by atoms with E-state index < -0.39 is 6.17 Å². The quantitative estimate of drug-likeness (QED) is 0.352. The van der Waals surface area contributed by atoms with Crippen molar-refractivity contribution in [2.45, 2.75) is 45.2 Å². The first-order valence-corrected chi connectivity index (χ1v) is 4.40. The summed E-state index contributed by atoms with van der Waals surface area (Å²) in [4.78, 5) is 9.75. The maximum absolute atomic E-state index is 12.7. The third kappa shape index (κ3) is 7.27. The highest BCUT2D eigenvalue weighted by atomic mass is 19.1. The number of rotatable bonds is 5. The van der Waals surface area contributed by atoms with E-state index in [0.717, 1.165) is 25.7 Å². The van der Waals surface area contributed by atoms with Gasteiger partial charge >= 0.3 is 0 Å². The van der Waals surface area contributed by atoms with Crippen molar-refractivity contribution in [3.63, 3.8) is 0 Å². The van der Waals surface area contributed by atoms with Gasteiger partial charge in [-0.05, 0) is 18.8 Å². The van der Waals surface area contributed by atoms with Crippen LogP contribution in [0.25, 0.3) is 0 Å². The summed E-state index contributed by atoms with van der Waals surface area (Å²) in [5.74, 6) is 4.31. The fraction of sp³-hybridized carbons (Fsp3) is 0.700. The lowest BCUT2D eigenvalue weighted by Gasteiger charge is -1.99. The molecule has 0 aliphatic carbocycles. The Morgan fingerprint density at radius 2 is 2.17 bits per heavy atom. The molecule has 0 radical (unpaired) electrons. The van der Waals surface area contributed by atoms with Crippen molar-refractivity contribution in [3.05, 3.63) is 0 Å². The molecular formula is C10H15FO. The van der Waals surface area contributed by atoms with Crippen molar-refractivity contribution in [2.75, 3.05) is 0 Å². The molecule has 0 saturated carbocycles. The van der Waals surface area contributed by atoms with E-state index >= 15 is 0 Å². The molecule has 0 aliphatic heterocycles. The summed E-state index contributed by atoms with van der Waals surface area (Å²) in [6.07, 6.45) is 3.99. The molecule has 1 unspecified atom stereocenters. The predicted octanol–water partition coefficient (Wildman–Crippen LogP) is 2.50. The molecule has 0 saturated heterocycles. The summed E-state index contributed by atoms with van der Waals surface area (Å²) in [5.41, 5.74) is 0. The third-order valence-electron chi connectivity index (χ3n) is 1.61. The molecular weight excluding hydrogens is 155 g/mol. The van der Waals surface area contributed by atoms with Crippen LogP contribution in [0.2, 0.25) is 0 Å². The fourth-order valence-electron chi connectivity index (χ4n) is 0.947. The molecule has 0 spiro atoms. The molecule has 0 heterocycles. The van der Waals surface area contributed by atoms with Crippen molar-refractivity contribution in [1.29, 1.82) is 0 Å². The minimum atomic E-state index is -1.12. The Labute approximate surface area is 73.4 Å². The van der Waals surface area contributed by atoms with E-state index in [1.165, 1.54) is 0 Å². The highest BCUT2D eigenvalue weighted by Crippen LogP contribution is 2.06. The summed E-state index contributed by atoms with van der Waals surface area (Å²) in [6, 6.07) is 0. The number of carbonyl (C=O) groups is 1. The second kappa shape index (κ2) is 8.26. The lowest BCUT2D eigenvalue weighted by molar-refractivity contribution is -0.103. The normalized spacial score (nSPS) is 11.5. The second-order valence-electron chi connectivity index (χ2n) is 2.72. The maximum Gasteiger partial charge on any atom is 0.192 e. The molecule has 12 heavy (non-hydrogen) atoms. The summed E-state index contributed by atoms with van der Waals surface area (Å²) >= 11 is 0. The number of alkyl halides is 1. The van der Waals surface area contributed by atoms with Gasteiger partial charge in [0, 0.05) is 0 Å². The summed E-state index contributed by atoms with van der Waals surface area (Å²) in [6.45, 7) is 2.11. The molecule has 0 aromatic carbocycles. The molecule has 0 N–H and O–H groups in total. The maximum atomic E-state index is 12.7. The largest absolute Gasteiger partial charge is 0.289 e. The van der Waals surface area contributed by atoms with Crippen LogP contribution >= 0.6 is 0 Å². The van der Waals surface area contributed by atoms with Gasteiger partial charge in [-0.1, -0.05) is 32.1 Å². The summed E-state index contributed by atoms with van der Waals surface area (Å²) < 4.78 is 12.7. The Hall–Kier alpha value is -0.840. The van der Waals surface area contributed by atoms with E-state index in [4.69, 9.17) is 0 Å². The van der Waals surface area contributed by atoms with Gasteiger partial charge in [0.05, 0.1) is 0 Å². The Morgan fingerprint density at radius 3 is 2.75 bits per heavy atom. The van der Waals surface area contributed by atoms with Crippen LogP contribution in [-0.4, -0.2) is 12.5 Å². The molecule has 0 rings (SSSR count). The van der Waals surface area contributed by atoms with Gasteiger partial charge in [0.15, 0.2) is 12.5 Å². The van der Waals surface area contributed by atoms with Gasteiger partial charge in [-0.25, -0.2) is 4.39 Å². The monoisotopic (exact) mass is 170 g/mol. The second-order valence-corrected chi connectivity index (χ2v) is 2.72. The van der Waals surface area contributed by atoms with Crippen LogP contribution < -0.4 is 0 Å². The van der Waals surface area contributed by atoms with E-state index in [1.807, 2.05) is 0 Å². The first-order valence-electron chi connectivity index (χ1n) is 4.40. The first-order chi connectivity index (χ1) is 5.81. The highest BCUT2D eigenvalue weighted by Gasteiger charge is 1.99. The average Bonchev–Trinajstić information content (AvgIpc) is 2.09. The van der Waals surface area contributed by atoms with Gasteiger partial charge < -0.3 is 0 Å². The van der Waals surface area contributed by atoms with Crippen LogP contribution in [0, 0.1) is 11.8 Å². The van der Waals surface area contributed by atoms with Crippen LogP contribution in [0.4, 0.5) is 4.39 Å². The van der Waals surface area contributed by atoms with Crippen molar-refractivity contribution in [3.8, 4) is 11.8 Å². The Kier molecular flexibility index (Phi) is 7.68. The lowest BCUT2D eigenvalue weighted by Crippen LogP contribution is -1.95. The van der Waals surface area contributed by atoms with E-state index in [1.54, 1.807) is 0 Å². The zero-order valence-electron chi connectivity index (χ0n) is 7.48. The number of halogens is 1. The van der Waals surface area contributed by atoms with Crippen LogP contribution in [0.5, 0.6) is 0 Å². The Morgan fingerprint density at radius 1 is 1.42 bits per heavy atom. The molecule has 68 valence electrons. The van der Waals surface area contributed by atoms with Crippen molar-refractivity contribution in [2.24, 2.45) is 0 Å². The minimum Gasteiger partial charge on any atom is -0.289 e. The first kappa shape index (κ1) is 11.2. The lowest BCUT2D eigenvalue weighted by atomic mass is 10.1. The van der Waals surface area contributed by atoms with Crippen LogP contribution in [0.1, 0.15) is 39.0 Å². The molecule has 0 bridgehead atoms. The number of unbranched alkanes of at least 4 members (excludes halogenated alkanes) is 3. The highest BCUT2D eigenvalue weighted by molar-refractivity contribution is 5.72. The summed E-state index contributed by atoms with van der Waals surface area (Å²) in [5, 5.41) is 0. The summed E-state index contributed by atoms with van der Waals surface area (Å²) in [7, 11) is 0. The zero-order valence-corrected chi connectivity index (χ0v) is 7.48. The predicted molar refractivity (Wildman–Crippen MR) is 47.5 cm³/mol. The number of hydrogen-bond donors (Lipinski definition) is 0. The molecule has 1 atom stereocenters. The van der Waals surface area contributed by atoms with Crippen molar-refractivity contribution >= 4 is 6.29 Å². The molecule has 0 aromatic rings. The van der Waals surface area contributed by atoms with Gasteiger partial charge in [-0.2, -0.15) is 0 Å². The zero-order chi connectivity index (χ0) is 9.23. The van der Waals surface area contributed by atoms with Crippen molar-refractivity contribution < 1.29 is 9.18 Å². The minimum absolute atomic E-state index is 0.429. The number of carbonyl (C=O) groups excluding carboxylic acids is 1. The molecule has 0 aliphatic rings. The number of aldehydes is 1. The van der Waals surface area contributed by atoms with Gasteiger partial charge in [-0.15, -0.1) is 0 Å². The van der Waals surface area contributed by atoms with E-state index in [-0.39, 0.29) is 0 Å². The molecule has 0 amide bonds. The molecule has 2 heteroatoms. The van der Waals surface area contributed by atoms with Gasteiger partial charge in [-0.3, -0.25) is 4.79 Å². The number of hydrogen-bond acceptors (Lipinski definition) is 1. The van der Waals surface area contributed by atoms with Crippen LogP contribution in [0.3, 0.4) is 0 Å². The smallest absolute Gasteiger partial charge is 0.192 e. The standard InChI is InChI=1S/C10H15FO/c1-2-3-4-5-7-10(11)8-6-9-12/h9-10H,2-5,7H2,1H3. The van der Waals surface area contributed by atoms with Gasteiger partial charge in [0.25, 0.3) is 0 Å². The van der Waals surface area contributed by atoms with Crippen LogP contribution in [0.15, 0.2) is 0 Å². The average molecular weight is 170 g/mol. The Balaban J connectivity index is 3.31. The Bertz CT molecular complexity index is 166. The molecule has 0 fully saturated rings. The van der Waals surface area contributed by atoms with Gasteiger partial charge in [0.1, 0.15) is 0 Å². The molecule has 0 aromatic heterocycles.